The van der Waals surface area contributed by atoms with Crippen LogP contribution < -0.4 is 5.32 Å². The Hall–Kier alpha value is -1.69. The van der Waals surface area contributed by atoms with E-state index in [1.54, 1.807) is 22.7 Å². The Morgan fingerprint density at radius 2 is 2.17 bits per heavy atom. The van der Waals surface area contributed by atoms with Gasteiger partial charge in [0.15, 0.2) is 0 Å². The van der Waals surface area contributed by atoms with Crippen molar-refractivity contribution >= 4 is 40.2 Å². The van der Waals surface area contributed by atoms with E-state index in [-0.39, 0.29) is 18.4 Å². The summed E-state index contributed by atoms with van der Waals surface area (Å²) in [5.41, 5.74) is 1.79. The first-order valence-electron chi connectivity index (χ1n) is 7.15. The van der Waals surface area contributed by atoms with E-state index in [0.717, 1.165) is 21.1 Å². The lowest BCUT2D eigenvalue weighted by molar-refractivity contribution is -0.121. The number of aromatic nitrogens is 1. The summed E-state index contributed by atoms with van der Waals surface area (Å²) in [5, 5.41) is 8.59. The van der Waals surface area contributed by atoms with Crippen molar-refractivity contribution in [2.45, 2.75) is 19.4 Å². The molecule has 3 nitrogen and oxygen atoms in total. The number of amides is 1. The van der Waals surface area contributed by atoms with Crippen LogP contribution in [0.5, 0.6) is 0 Å². The van der Waals surface area contributed by atoms with Crippen LogP contribution >= 0.6 is 34.3 Å². The second-order valence-electron chi connectivity index (χ2n) is 5.14. The number of nitrogens with zero attached hydrogens (tertiary/aromatic N) is 1. The van der Waals surface area contributed by atoms with Crippen LogP contribution in [0.1, 0.15) is 24.2 Å². The molecule has 1 N–H and O–H groups in total. The zero-order valence-corrected chi connectivity index (χ0v) is 14.8. The summed E-state index contributed by atoms with van der Waals surface area (Å²) in [6.45, 7) is 1.95. The largest absolute Gasteiger partial charge is 0.349 e. The number of carbonyl (C=O) groups excluding carboxylic acids is 1. The highest BCUT2D eigenvalue weighted by Gasteiger charge is 2.13. The lowest BCUT2D eigenvalue weighted by Crippen LogP contribution is -2.28. The molecule has 0 saturated heterocycles. The van der Waals surface area contributed by atoms with Crippen molar-refractivity contribution in [1.29, 1.82) is 0 Å². The molecule has 0 fully saturated rings. The van der Waals surface area contributed by atoms with Crippen molar-refractivity contribution in [2.24, 2.45) is 0 Å². The minimum Gasteiger partial charge on any atom is -0.349 e. The molecule has 0 saturated carbocycles. The third kappa shape index (κ3) is 4.19. The minimum absolute atomic E-state index is 0.0412. The van der Waals surface area contributed by atoms with Gasteiger partial charge in [0.2, 0.25) is 5.91 Å². The molecule has 1 amide bonds. The third-order valence-corrected chi connectivity index (χ3v) is 5.52. The van der Waals surface area contributed by atoms with E-state index >= 15 is 0 Å². The van der Waals surface area contributed by atoms with E-state index in [2.05, 4.69) is 10.3 Å². The molecule has 0 aliphatic heterocycles. The van der Waals surface area contributed by atoms with Crippen molar-refractivity contribution < 1.29 is 4.79 Å². The fourth-order valence-electron chi connectivity index (χ4n) is 2.22. The van der Waals surface area contributed by atoms with Crippen molar-refractivity contribution in [3.63, 3.8) is 0 Å². The van der Waals surface area contributed by atoms with Crippen LogP contribution in [-0.4, -0.2) is 10.9 Å². The van der Waals surface area contributed by atoms with Crippen molar-refractivity contribution in [2.75, 3.05) is 0 Å². The zero-order chi connectivity index (χ0) is 16.2. The van der Waals surface area contributed by atoms with Gasteiger partial charge in [-0.25, -0.2) is 4.98 Å². The number of thiophene rings is 1. The highest BCUT2D eigenvalue weighted by molar-refractivity contribution is 7.20. The van der Waals surface area contributed by atoms with Crippen LogP contribution in [0.2, 0.25) is 5.02 Å². The third-order valence-electron chi connectivity index (χ3n) is 3.35. The van der Waals surface area contributed by atoms with Gasteiger partial charge in [0.25, 0.3) is 0 Å². The highest BCUT2D eigenvalue weighted by atomic mass is 35.5. The quantitative estimate of drug-likeness (QED) is 0.698. The molecule has 1 atom stereocenters. The van der Waals surface area contributed by atoms with Gasteiger partial charge < -0.3 is 5.32 Å². The number of hydrogen-bond donors (Lipinski definition) is 1. The van der Waals surface area contributed by atoms with E-state index in [1.165, 1.54) is 0 Å². The molecule has 3 aromatic rings. The van der Waals surface area contributed by atoms with Gasteiger partial charge in [0, 0.05) is 10.4 Å². The predicted molar refractivity (Wildman–Crippen MR) is 97.1 cm³/mol. The maximum Gasteiger partial charge on any atom is 0.226 e. The summed E-state index contributed by atoms with van der Waals surface area (Å²) in [4.78, 5) is 17.9. The fraction of sp³-hybridized carbons (Fsp3) is 0.176. The van der Waals surface area contributed by atoms with Crippen LogP contribution in [0.4, 0.5) is 0 Å². The maximum atomic E-state index is 12.2. The number of hydrogen-bond acceptors (Lipinski definition) is 4. The van der Waals surface area contributed by atoms with Gasteiger partial charge in [-0.15, -0.1) is 22.7 Å². The van der Waals surface area contributed by atoms with Crippen LogP contribution in [0.25, 0.3) is 9.88 Å². The summed E-state index contributed by atoms with van der Waals surface area (Å²) < 4.78 is 0. The molecule has 0 aliphatic rings. The smallest absolute Gasteiger partial charge is 0.226 e. The fourth-order valence-corrected chi connectivity index (χ4v) is 4.05. The van der Waals surface area contributed by atoms with Gasteiger partial charge in [0.05, 0.1) is 23.0 Å². The van der Waals surface area contributed by atoms with Crippen molar-refractivity contribution in [3.8, 4) is 9.88 Å². The van der Waals surface area contributed by atoms with E-state index < -0.39 is 0 Å². The minimum atomic E-state index is -0.0865. The zero-order valence-electron chi connectivity index (χ0n) is 12.5. The number of benzene rings is 1. The van der Waals surface area contributed by atoms with Gasteiger partial charge in [-0.1, -0.05) is 29.8 Å². The molecule has 2 heterocycles. The molecule has 3 rings (SSSR count). The number of carbonyl (C=O) groups is 1. The van der Waals surface area contributed by atoms with Gasteiger partial charge in [0.1, 0.15) is 5.01 Å². The molecule has 2 aromatic heterocycles. The van der Waals surface area contributed by atoms with E-state index in [0.29, 0.717) is 5.02 Å². The summed E-state index contributed by atoms with van der Waals surface area (Å²) in [6, 6.07) is 11.5. The van der Waals surface area contributed by atoms with Crippen molar-refractivity contribution in [1.82, 2.24) is 10.3 Å². The Kier molecular flexibility index (Phi) is 5.10. The first-order chi connectivity index (χ1) is 11.1. The molecule has 0 unspecified atom stereocenters. The SMILES string of the molecule is C[C@H](NC(=O)Cc1csc(-c2cccs2)n1)c1cccc(Cl)c1. The molecular weight excluding hydrogens is 348 g/mol. The number of rotatable bonds is 5. The maximum absolute atomic E-state index is 12.2. The molecule has 1 aromatic carbocycles. The molecule has 23 heavy (non-hydrogen) atoms. The number of thiazole rings is 1. The first kappa shape index (κ1) is 16.2. The summed E-state index contributed by atoms with van der Waals surface area (Å²) >= 11 is 9.21. The van der Waals surface area contributed by atoms with Gasteiger partial charge in [-0.2, -0.15) is 0 Å². The molecule has 0 aliphatic carbocycles. The number of halogens is 1. The monoisotopic (exact) mass is 362 g/mol. The highest BCUT2D eigenvalue weighted by Crippen LogP contribution is 2.28. The molecule has 0 bridgehead atoms. The van der Waals surface area contributed by atoms with Crippen LogP contribution in [0.3, 0.4) is 0 Å². The molecular formula is C17H15ClN2OS2. The predicted octanol–water partition coefficient (Wildman–Crippen LogP) is 4.94. The van der Waals surface area contributed by atoms with Gasteiger partial charge in [-0.05, 0) is 36.1 Å². The topological polar surface area (TPSA) is 42.0 Å². The van der Waals surface area contributed by atoms with Crippen LogP contribution in [0.15, 0.2) is 47.2 Å². The molecule has 0 spiro atoms. The average Bonchev–Trinajstić information content (AvgIpc) is 3.17. The van der Waals surface area contributed by atoms with Crippen molar-refractivity contribution in [3.05, 3.63) is 63.4 Å². The molecule has 0 radical (unpaired) electrons. The second kappa shape index (κ2) is 7.25. The number of nitrogens with one attached hydrogen (secondary N) is 1. The van der Waals surface area contributed by atoms with E-state index in [1.807, 2.05) is 54.1 Å². The van der Waals surface area contributed by atoms with Crippen LogP contribution in [0, 0.1) is 0 Å². The van der Waals surface area contributed by atoms with E-state index in [4.69, 9.17) is 11.6 Å². The summed E-state index contributed by atoms with van der Waals surface area (Å²) in [7, 11) is 0. The Balaban J connectivity index is 1.61. The van der Waals surface area contributed by atoms with Gasteiger partial charge >= 0.3 is 0 Å². The first-order valence-corrected chi connectivity index (χ1v) is 9.28. The Bertz CT molecular complexity index is 799. The lowest BCUT2D eigenvalue weighted by Gasteiger charge is -2.14. The molecule has 118 valence electrons. The normalized spacial score (nSPS) is 12.1. The summed E-state index contributed by atoms with van der Waals surface area (Å²) in [6.07, 6.45) is 0.285. The van der Waals surface area contributed by atoms with Gasteiger partial charge in [-0.3, -0.25) is 4.79 Å². The Morgan fingerprint density at radius 3 is 2.91 bits per heavy atom. The van der Waals surface area contributed by atoms with E-state index in [9.17, 15) is 4.79 Å². The average molecular weight is 363 g/mol. The Labute approximate surface area is 148 Å². The second-order valence-corrected chi connectivity index (χ2v) is 7.38. The lowest BCUT2D eigenvalue weighted by atomic mass is 10.1. The Morgan fingerprint density at radius 1 is 1.30 bits per heavy atom. The summed E-state index contributed by atoms with van der Waals surface area (Å²) in [5.74, 6) is -0.0412. The van der Waals surface area contributed by atoms with Crippen LogP contribution in [-0.2, 0) is 11.2 Å². The standard InChI is InChI=1S/C17H15ClN2OS2/c1-11(12-4-2-5-13(18)8-12)19-16(21)9-14-10-23-17(20-14)15-6-3-7-22-15/h2-8,10-11H,9H2,1H3,(H,19,21)/t11-/m0/s1. The molecule has 6 heteroatoms.